The Labute approximate surface area is 105 Å². The maximum Gasteiger partial charge on any atom is 0.263 e. The first-order chi connectivity index (χ1) is 8.20. The number of rotatable bonds is 4. The number of nitrogens with one attached hydrogen (secondary N) is 1. The van der Waals surface area contributed by atoms with Gasteiger partial charge in [0.1, 0.15) is 0 Å². The summed E-state index contributed by atoms with van der Waals surface area (Å²) < 4.78 is 25.0. The minimum absolute atomic E-state index is 0.0398. The van der Waals surface area contributed by atoms with Crippen LogP contribution in [-0.2, 0) is 20.4 Å². The van der Waals surface area contributed by atoms with Crippen molar-refractivity contribution >= 4 is 16.4 Å². The fraction of sp³-hybridized carbons (Fsp3) is 0.273. The van der Waals surface area contributed by atoms with E-state index < -0.39 is 15.6 Å². The van der Waals surface area contributed by atoms with Crippen molar-refractivity contribution in [1.29, 1.82) is 5.26 Å². The van der Waals surface area contributed by atoms with Gasteiger partial charge >= 0.3 is 0 Å². The largest absolute Gasteiger partial charge is 0.386 e. The highest BCUT2D eigenvalue weighted by atomic mass is 32.2. The fourth-order valence-electron chi connectivity index (χ4n) is 1.30. The predicted octanol–water partition coefficient (Wildman–Crippen LogP) is 0.220. The fourth-order valence-corrected chi connectivity index (χ4v) is 2.13. The van der Waals surface area contributed by atoms with Gasteiger partial charge in [-0.25, -0.2) is 8.42 Å². The summed E-state index contributed by atoms with van der Waals surface area (Å²) in [6.07, 6.45) is 0.0398. The van der Waals surface area contributed by atoms with Gasteiger partial charge in [-0.1, -0.05) is 0 Å². The zero-order valence-electron chi connectivity index (χ0n) is 9.84. The van der Waals surface area contributed by atoms with E-state index in [1.54, 1.807) is 10.8 Å². The van der Waals surface area contributed by atoms with Crippen LogP contribution in [0, 0.1) is 11.3 Å². The third-order valence-electron chi connectivity index (χ3n) is 2.26. The van der Waals surface area contributed by atoms with E-state index in [-0.39, 0.29) is 22.4 Å². The molecule has 0 atom stereocenters. The summed E-state index contributed by atoms with van der Waals surface area (Å²) in [6, 6.07) is 5.53. The van der Waals surface area contributed by atoms with E-state index in [4.69, 9.17) is 5.26 Å². The first-order valence-corrected chi connectivity index (χ1v) is 6.43. The molecular weight excluding hydrogens is 256 g/mol. The van der Waals surface area contributed by atoms with Crippen molar-refractivity contribution in [3.05, 3.63) is 29.3 Å². The van der Waals surface area contributed by atoms with Crippen LogP contribution >= 0.6 is 0 Å². The highest BCUT2D eigenvalue weighted by molar-refractivity contribution is 7.90. The van der Waals surface area contributed by atoms with Gasteiger partial charge in [0.15, 0.2) is 0 Å². The van der Waals surface area contributed by atoms with Crippen LogP contribution < -0.4 is 4.72 Å². The molecule has 7 heteroatoms. The molecule has 1 rings (SSSR count). The Kier molecular flexibility index (Phi) is 3.74. The molecule has 0 aliphatic rings. The third kappa shape index (κ3) is 3.06. The Hall–Kier alpha value is -1.91. The third-order valence-corrected chi connectivity index (χ3v) is 3.52. The molecule has 96 valence electrons. The zero-order valence-corrected chi connectivity index (χ0v) is 10.7. The van der Waals surface area contributed by atoms with Crippen LogP contribution in [0.2, 0.25) is 0 Å². The van der Waals surface area contributed by atoms with Crippen molar-refractivity contribution in [3.63, 3.8) is 0 Å². The molecule has 0 aliphatic carbocycles. The molecule has 6 nitrogen and oxygen atoms in total. The first-order valence-electron chi connectivity index (χ1n) is 4.95. The molecule has 1 aromatic carbocycles. The van der Waals surface area contributed by atoms with E-state index in [1.807, 2.05) is 0 Å². The van der Waals surface area contributed by atoms with Crippen LogP contribution in [0.4, 0.5) is 0 Å². The summed E-state index contributed by atoms with van der Waals surface area (Å²) in [4.78, 5) is 9.98. The molecule has 0 unspecified atom stereocenters. The molecule has 0 heterocycles. The maximum absolute atomic E-state index is 11.6. The number of benzene rings is 1. The van der Waals surface area contributed by atoms with Crippen molar-refractivity contribution in [1.82, 2.24) is 4.72 Å². The topological polar surface area (TPSA) is 107 Å². The van der Waals surface area contributed by atoms with E-state index in [0.717, 1.165) is 6.07 Å². The van der Waals surface area contributed by atoms with Crippen molar-refractivity contribution < 1.29 is 18.3 Å². The summed E-state index contributed by atoms with van der Waals surface area (Å²) in [7, 11) is -4.01. The number of hydrogen-bond donors (Lipinski definition) is 2. The van der Waals surface area contributed by atoms with Crippen molar-refractivity contribution in [3.8, 4) is 6.07 Å². The van der Waals surface area contributed by atoms with E-state index in [1.165, 1.54) is 26.0 Å². The molecule has 1 amide bonds. The molecule has 0 spiro atoms. The number of hydrogen-bond acceptors (Lipinski definition) is 5. The standard InChI is InChI=1S/C11H12N2O4S/c1-11(2,15)9-3-8(6-12)4-10(5-9)18(16,17)13-7-14/h3-5,7,15H,1-2H3,(H,13,14). The lowest BCUT2D eigenvalue weighted by molar-refractivity contribution is -0.108. The van der Waals surface area contributed by atoms with Gasteiger partial charge in [-0.05, 0) is 37.6 Å². The van der Waals surface area contributed by atoms with Gasteiger partial charge in [0, 0.05) is 0 Å². The van der Waals surface area contributed by atoms with Crippen LogP contribution in [0.25, 0.3) is 0 Å². The van der Waals surface area contributed by atoms with Crippen LogP contribution in [0.3, 0.4) is 0 Å². The molecule has 0 bridgehead atoms. The molecule has 0 radical (unpaired) electrons. The molecule has 0 saturated carbocycles. The summed E-state index contributed by atoms with van der Waals surface area (Å²) in [5, 5.41) is 18.7. The second-order valence-electron chi connectivity index (χ2n) is 4.16. The highest BCUT2D eigenvalue weighted by Gasteiger charge is 2.21. The molecule has 0 aliphatic heterocycles. The van der Waals surface area contributed by atoms with E-state index in [2.05, 4.69) is 0 Å². The molecule has 1 aromatic rings. The van der Waals surface area contributed by atoms with Crippen LogP contribution in [0.15, 0.2) is 23.1 Å². The number of sulfonamides is 1. The van der Waals surface area contributed by atoms with E-state index in [0.29, 0.717) is 0 Å². The lowest BCUT2D eigenvalue weighted by Gasteiger charge is -2.18. The quantitative estimate of drug-likeness (QED) is 0.759. The molecular formula is C11H12N2O4S. The molecule has 0 fully saturated rings. The van der Waals surface area contributed by atoms with E-state index >= 15 is 0 Å². The number of carbonyl (C=O) groups is 1. The molecule has 0 saturated heterocycles. The maximum atomic E-state index is 11.6. The summed E-state index contributed by atoms with van der Waals surface area (Å²) in [6.45, 7) is 2.93. The lowest BCUT2D eigenvalue weighted by atomic mass is 9.97. The first kappa shape index (κ1) is 14.2. The number of nitrogens with zero attached hydrogens (tertiary/aromatic N) is 1. The van der Waals surface area contributed by atoms with Gasteiger partial charge in [0.25, 0.3) is 10.0 Å². The SMILES string of the molecule is CC(C)(O)c1cc(C#N)cc(S(=O)(=O)NC=O)c1. The summed E-state index contributed by atoms with van der Waals surface area (Å²) >= 11 is 0. The Bertz CT molecular complexity index is 609. The summed E-state index contributed by atoms with van der Waals surface area (Å²) in [5.74, 6) is 0. The van der Waals surface area contributed by atoms with Gasteiger partial charge in [-0.3, -0.25) is 9.52 Å². The second kappa shape index (κ2) is 4.76. The Morgan fingerprint density at radius 3 is 2.44 bits per heavy atom. The normalized spacial score (nSPS) is 11.7. The lowest BCUT2D eigenvalue weighted by Crippen LogP contribution is -2.23. The number of aliphatic hydroxyl groups is 1. The van der Waals surface area contributed by atoms with Gasteiger partial charge in [-0.2, -0.15) is 5.26 Å². The number of nitriles is 1. The van der Waals surface area contributed by atoms with Crippen molar-refractivity contribution in [2.45, 2.75) is 24.3 Å². The van der Waals surface area contributed by atoms with Crippen LogP contribution in [0.5, 0.6) is 0 Å². The van der Waals surface area contributed by atoms with Crippen LogP contribution in [0.1, 0.15) is 25.0 Å². The minimum atomic E-state index is -4.01. The van der Waals surface area contributed by atoms with Gasteiger partial charge < -0.3 is 5.11 Å². The zero-order chi connectivity index (χ0) is 14.0. The predicted molar refractivity (Wildman–Crippen MR) is 62.8 cm³/mol. The molecule has 18 heavy (non-hydrogen) atoms. The average Bonchev–Trinajstić information content (AvgIpc) is 2.27. The van der Waals surface area contributed by atoms with Gasteiger partial charge in [0.05, 0.1) is 22.1 Å². The Morgan fingerprint density at radius 2 is 2.00 bits per heavy atom. The smallest absolute Gasteiger partial charge is 0.263 e. The minimum Gasteiger partial charge on any atom is -0.386 e. The number of amides is 1. The molecule has 0 aromatic heterocycles. The van der Waals surface area contributed by atoms with Gasteiger partial charge in [0.2, 0.25) is 6.41 Å². The highest BCUT2D eigenvalue weighted by Crippen LogP contribution is 2.24. The average molecular weight is 268 g/mol. The van der Waals surface area contributed by atoms with E-state index in [9.17, 15) is 18.3 Å². The second-order valence-corrected chi connectivity index (χ2v) is 5.87. The van der Waals surface area contributed by atoms with Crippen molar-refractivity contribution in [2.75, 3.05) is 0 Å². The Morgan fingerprint density at radius 1 is 1.39 bits per heavy atom. The number of carbonyl (C=O) groups excluding carboxylic acids is 1. The van der Waals surface area contributed by atoms with Crippen LogP contribution in [-0.4, -0.2) is 19.9 Å². The van der Waals surface area contributed by atoms with Crippen molar-refractivity contribution in [2.24, 2.45) is 0 Å². The monoisotopic (exact) mass is 268 g/mol. The van der Waals surface area contributed by atoms with Gasteiger partial charge in [-0.15, -0.1) is 0 Å². The summed E-state index contributed by atoms with van der Waals surface area (Å²) in [5.41, 5.74) is -0.938. The molecule has 2 N–H and O–H groups in total. The Balaban J connectivity index is 3.49.